The molecule has 1 aliphatic rings. The first-order valence-electron chi connectivity index (χ1n) is 7.64. The van der Waals surface area contributed by atoms with Gasteiger partial charge < -0.3 is 5.11 Å². The molecule has 0 radical (unpaired) electrons. The number of anilines is 1. The second kappa shape index (κ2) is 7.18. The fourth-order valence-corrected chi connectivity index (χ4v) is 4.12. The smallest absolute Gasteiger partial charge is 0.264 e. The lowest BCUT2D eigenvalue weighted by atomic mass is 10.1. The van der Waals surface area contributed by atoms with Gasteiger partial charge in [-0.2, -0.15) is 0 Å². The van der Waals surface area contributed by atoms with Crippen molar-refractivity contribution in [3.8, 4) is 0 Å². The van der Waals surface area contributed by atoms with Crippen molar-refractivity contribution in [3.63, 3.8) is 0 Å². The van der Waals surface area contributed by atoms with E-state index in [2.05, 4.69) is 11.6 Å². The van der Waals surface area contributed by atoms with Crippen molar-refractivity contribution in [2.75, 3.05) is 10.8 Å². The highest BCUT2D eigenvalue weighted by Gasteiger charge is 2.33. The minimum Gasteiger partial charge on any atom is -0.508 e. The summed E-state index contributed by atoms with van der Waals surface area (Å²) >= 11 is 0. The molecule has 5 nitrogen and oxygen atoms in total. The lowest BCUT2D eigenvalue weighted by molar-refractivity contribution is 0.512. The van der Waals surface area contributed by atoms with Crippen molar-refractivity contribution in [3.05, 3.63) is 59.9 Å². The predicted molar refractivity (Wildman–Crippen MR) is 91.8 cm³/mol. The summed E-state index contributed by atoms with van der Waals surface area (Å²) in [5.74, 6) is -2.16. The number of rotatable bonds is 3. The van der Waals surface area contributed by atoms with Crippen LogP contribution in [-0.4, -0.2) is 25.1 Å². The van der Waals surface area contributed by atoms with E-state index >= 15 is 0 Å². The maximum atomic E-state index is 13.3. The summed E-state index contributed by atoms with van der Waals surface area (Å²) in [6.45, 7) is 7.50. The Morgan fingerprint density at radius 1 is 1.20 bits per heavy atom. The second-order valence-electron chi connectivity index (χ2n) is 5.06. The van der Waals surface area contributed by atoms with E-state index in [0.29, 0.717) is 23.6 Å². The third-order valence-corrected chi connectivity index (χ3v) is 5.39. The number of sulfonamides is 1. The molecule has 0 aliphatic carbocycles. The largest absolute Gasteiger partial charge is 0.508 e. The van der Waals surface area contributed by atoms with E-state index in [1.807, 2.05) is 13.8 Å². The molecule has 2 aromatic rings. The number of aliphatic hydroxyl groups is 1. The molecule has 0 saturated heterocycles. The minimum atomic E-state index is -4.14. The fraction of sp³-hybridized carbons (Fsp3) is 0.235. The third-order valence-electron chi connectivity index (χ3n) is 3.60. The van der Waals surface area contributed by atoms with Crippen molar-refractivity contribution in [1.29, 1.82) is 0 Å². The Kier molecular flexibility index (Phi) is 5.42. The molecular weight excluding hydrogens is 350 g/mol. The van der Waals surface area contributed by atoms with Gasteiger partial charge in [-0.3, -0.25) is 9.29 Å². The SMILES string of the molecule is C=C(O)c1cncc2c1CCN2S(=O)(=O)c1cc(F)cc(F)c1.CC. The summed E-state index contributed by atoms with van der Waals surface area (Å²) in [5.41, 5.74) is 1.20. The molecule has 1 N–H and O–H groups in total. The molecule has 3 rings (SSSR count). The summed E-state index contributed by atoms with van der Waals surface area (Å²) in [4.78, 5) is 3.42. The lowest BCUT2D eigenvalue weighted by Crippen LogP contribution is -2.29. The molecule has 8 heteroatoms. The molecule has 0 unspecified atom stereocenters. The Bertz CT molecular complexity index is 894. The van der Waals surface area contributed by atoms with Crippen LogP contribution in [0.4, 0.5) is 14.5 Å². The molecule has 25 heavy (non-hydrogen) atoms. The molecule has 0 atom stereocenters. The van der Waals surface area contributed by atoms with Gasteiger partial charge in [0.1, 0.15) is 17.4 Å². The maximum absolute atomic E-state index is 13.3. The van der Waals surface area contributed by atoms with E-state index in [9.17, 15) is 22.3 Å². The van der Waals surface area contributed by atoms with Crippen LogP contribution in [0.3, 0.4) is 0 Å². The molecule has 1 aromatic carbocycles. The molecule has 0 saturated carbocycles. The van der Waals surface area contributed by atoms with Crippen molar-refractivity contribution in [2.45, 2.75) is 25.2 Å². The topological polar surface area (TPSA) is 70.5 Å². The summed E-state index contributed by atoms with van der Waals surface area (Å²) in [5, 5.41) is 9.57. The summed E-state index contributed by atoms with van der Waals surface area (Å²) < 4.78 is 53.0. The molecule has 134 valence electrons. The van der Waals surface area contributed by atoms with E-state index in [0.717, 1.165) is 16.4 Å². The number of pyridine rings is 1. The van der Waals surface area contributed by atoms with Gasteiger partial charge >= 0.3 is 0 Å². The first-order valence-corrected chi connectivity index (χ1v) is 9.08. The van der Waals surface area contributed by atoms with Crippen LogP contribution in [0, 0.1) is 11.6 Å². The second-order valence-corrected chi connectivity index (χ2v) is 6.93. The highest BCUT2D eigenvalue weighted by atomic mass is 32.2. The zero-order valence-corrected chi connectivity index (χ0v) is 14.6. The van der Waals surface area contributed by atoms with Crippen LogP contribution in [0.5, 0.6) is 0 Å². The quantitative estimate of drug-likeness (QED) is 0.840. The van der Waals surface area contributed by atoms with E-state index in [4.69, 9.17) is 0 Å². The maximum Gasteiger partial charge on any atom is 0.264 e. The molecule has 1 aliphatic heterocycles. The Labute approximate surface area is 145 Å². The number of benzene rings is 1. The van der Waals surface area contributed by atoms with Crippen molar-refractivity contribution >= 4 is 21.5 Å². The van der Waals surface area contributed by atoms with Crippen molar-refractivity contribution < 1.29 is 22.3 Å². The predicted octanol–water partition coefficient (Wildman–Crippen LogP) is 3.67. The van der Waals surface area contributed by atoms with E-state index < -0.39 is 26.6 Å². The van der Waals surface area contributed by atoms with Crippen LogP contribution in [-0.2, 0) is 16.4 Å². The van der Waals surface area contributed by atoms with Crippen LogP contribution in [0.1, 0.15) is 25.0 Å². The number of hydrogen-bond acceptors (Lipinski definition) is 4. The van der Waals surface area contributed by atoms with Gasteiger partial charge in [-0.1, -0.05) is 20.4 Å². The Hall–Kier alpha value is -2.48. The molecule has 0 fully saturated rings. The molecule has 1 aromatic heterocycles. The number of hydrogen-bond donors (Lipinski definition) is 1. The van der Waals surface area contributed by atoms with Crippen LogP contribution in [0.15, 0.2) is 42.1 Å². The molecule has 0 amide bonds. The molecular formula is C17H18F2N2O3S. The van der Waals surface area contributed by atoms with Crippen molar-refractivity contribution in [2.24, 2.45) is 0 Å². The molecule has 0 bridgehead atoms. The van der Waals surface area contributed by atoms with E-state index in [-0.39, 0.29) is 18.0 Å². The average molecular weight is 368 g/mol. The zero-order chi connectivity index (χ0) is 18.8. The van der Waals surface area contributed by atoms with Crippen LogP contribution in [0.2, 0.25) is 0 Å². The Morgan fingerprint density at radius 3 is 2.36 bits per heavy atom. The number of nitrogens with zero attached hydrogens (tertiary/aromatic N) is 2. The van der Waals surface area contributed by atoms with E-state index in [1.54, 1.807) is 0 Å². The van der Waals surface area contributed by atoms with Crippen LogP contribution < -0.4 is 4.31 Å². The molecule has 2 heterocycles. The van der Waals surface area contributed by atoms with Gasteiger partial charge in [-0.15, -0.1) is 0 Å². The first-order chi connectivity index (χ1) is 11.8. The highest BCUT2D eigenvalue weighted by Crippen LogP contribution is 2.35. The van der Waals surface area contributed by atoms with Gasteiger partial charge in [0.05, 0.1) is 16.8 Å². The van der Waals surface area contributed by atoms with Gasteiger partial charge in [-0.25, -0.2) is 17.2 Å². The monoisotopic (exact) mass is 368 g/mol. The van der Waals surface area contributed by atoms with Crippen LogP contribution in [0.25, 0.3) is 5.76 Å². The Morgan fingerprint density at radius 2 is 1.80 bits per heavy atom. The van der Waals surface area contributed by atoms with Gasteiger partial charge in [0.15, 0.2) is 0 Å². The summed E-state index contributed by atoms with van der Waals surface area (Å²) in [6.07, 6.45) is 3.06. The lowest BCUT2D eigenvalue weighted by Gasteiger charge is -2.19. The van der Waals surface area contributed by atoms with Crippen LogP contribution >= 0.6 is 0 Å². The van der Waals surface area contributed by atoms with E-state index in [1.165, 1.54) is 12.4 Å². The summed E-state index contributed by atoms with van der Waals surface area (Å²) in [6, 6.07) is 2.13. The van der Waals surface area contributed by atoms with Crippen molar-refractivity contribution in [1.82, 2.24) is 4.98 Å². The molecule has 0 spiro atoms. The standard InChI is InChI=1S/C15H12F2N2O3S.C2H6/c1-9(20)14-7-18-8-15-13(14)2-3-19(15)23(21,22)12-5-10(16)4-11(17)6-12;1-2/h4-8,20H,1-3H2;1-2H3. The minimum absolute atomic E-state index is 0.0851. The van der Waals surface area contributed by atoms with Gasteiger partial charge in [0.25, 0.3) is 10.0 Å². The number of halogens is 2. The fourth-order valence-electron chi connectivity index (χ4n) is 2.59. The average Bonchev–Trinajstić information content (AvgIpc) is 3.00. The number of aliphatic hydroxyl groups excluding tert-OH is 1. The summed E-state index contributed by atoms with van der Waals surface area (Å²) in [7, 11) is -4.14. The number of aromatic nitrogens is 1. The van der Waals surface area contributed by atoms with Gasteiger partial charge in [-0.05, 0) is 24.1 Å². The zero-order valence-electron chi connectivity index (χ0n) is 13.8. The normalized spacial score (nSPS) is 13.0. The first kappa shape index (κ1) is 18.9. The van der Waals surface area contributed by atoms with Gasteiger partial charge in [0.2, 0.25) is 0 Å². The Balaban J connectivity index is 0.00000109. The third kappa shape index (κ3) is 3.48. The van der Waals surface area contributed by atoms with Gasteiger partial charge in [0, 0.05) is 24.4 Å². The highest BCUT2D eigenvalue weighted by molar-refractivity contribution is 7.92. The number of fused-ring (bicyclic) bond motifs is 1.